The van der Waals surface area contributed by atoms with Crippen molar-refractivity contribution in [2.45, 2.75) is 77.0 Å². The molecule has 1 saturated heterocycles. The molecule has 1 aliphatic rings. The van der Waals surface area contributed by atoms with Crippen molar-refractivity contribution in [3.05, 3.63) is 0 Å². The normalized spacial score (nSPS) is 24.0. The standard InChI is InChI=1S/C16H32S4/c1-2-6-10-14-18-20-16-12-8-4-3-7-11-15-19-17-13-9-5-1/h1-16H2. The van der Waals surface area contributed by atoms with Gasteiger partial charge in [-0.15, -0.1) is 0 Å². The second kappa shape index (κ2) is 16.8. The molecule has 1 rings (SSSR count). The van der Waals surface area contributed by atoms with Crippen LogP contribution in [0.25, 0.3) is 0 Å². The summed E-state index contributed by atoms with van der Waals surface area (Å²) in [4.78, 5) is 0. The lowest BCUT2D eigenvalue weighted by molar-refractivity contribution is 0.629. The van der Waals surface area contributed by atoms with Gasteiger partial charge < -0.3 is 0 Å². The predicted octanol–water partition coefficient (Wildman–Crippen LogP) is 7.44. The van der Waals surface area contributed by atoms with Crippen LogP contribution in [0.1, 0.15) is 77.0 Å². The SMILES string of the molecule is C1CCCCSSCCCCCCCCSSCCC1. The number of hydrogen-bond acceptors (Lipinski definition) is 4. The Morgan fingerprint density at radius 1 is 0.250 bits per heavy atom. The van der Waals surface area contributed by atoms with Gasteiger partial charge in [0.25, 0.3) is 0 Å². The lowest BCUT2D eigenvalue weighted by Crippen LogP contribution is -1.86. The van der Waals surface area contributed by atoms with E-state index in [1.165, 1.54) is 100 Å². The summed E-state index contributed by atoms with van der Waals surface area (Å²) < 4.78 is 0. The molecule has 0 aromatic heterocycles. The van der Waals surface area contributed by atoms with E-state index in [1.807, 2.05) is 0 Å². The maximum Gasteiger partial charge on any atom is 0.00369 e. The van der Waals surface area contributed by atoms with Crippen molar-refractivity contribution >= 4 is 43.2 Å². The second-order valence-corrected chi connectivity index (χ2v) is 10.9. The van der Waals surface area contributed by atoms with E-state index in [4.69, 9.17) is 0 Å². The van der Waals surface area contributed by atoms with Gasteiger partial charge in [0.1, 0.15) is 0 Å². The molecule has 0 atom stereocenters. The zero-order chi connectivity index (χ0) is 14.1. The predicted molar refractivity (Wildman–Crippen MR) is 105 cm³/mol. The molecule has 0 nitrogen and oxygen atoms in total. The molecule has 0 saturated carbocycles. The van der Waals surface area contributed by atoms with Crippen molar-refractivity contribution in [2.75, 3.05) is 23.0 Å². The fourth-order valence-electron chi connectivity index (χ4n) is 2.29. The summed E-state index contributed by atoms with van der Waals surface area (Å²) in [6, 6.07) is 0. The van der Waals surface area contributed by atoms with Crippen LogP contribution >= 0.6 is 43.2 Å². The third-order valence-electron chi connectivity index (χ3n) is 3.58. The first-order valence-electron chi connectivity index (χ1n) is 8.49. The van der Waals surface area contributed by atoms with Crippen molar-refractivity contribution in [1.29, 1.82) is 0 Å². The van der Waals surface area contributed by atoms with Gasteiger partial charge >= 0.3 is 0 Å². The summed E-state index contributed by atoms with van der Waals surface area (Å²) in [5.41, 5.74) is 0. The Labute approximate surface area is 142 Å². The molecule has 0 aromatic rings. The lowest BCUT2D eigenvalue weighted by atomic mass is 10.1. The summed E-state index contributed by atoms with van der Waals surface area (Å²) in [6.45, 7) is 0. The van der Waals surface area contributed by atoms with Gasteiger partial charge in [0, 0.05) is 23.0 Å². The van der Waals surface area contributed by atoms with E-state index in [-0.39, 0.29) is 0 Å². The lowest BCUT2D eigenvalue weighted by Gasteiger charge is -2.05. The van der Waals surface area contributed by atoms with Gasteiger partial charge in [-0.05, 0) is 25.7 Å². The highest BCUT2D eigenvalue weighted by atomic mass is 33.1. The van der Waals surface area contributed by atoms with E-state index in [0.29, 0.717) is 0 Å². The maximum absolute atomic E-state index is 2.11. The molecule has 0 spiro atoms. The molecule has 20 heavy (non-hydrogen) atoms. The van der Waals surface area contributed by atoms with Gasteiger partial charge in [-0.1, -0.05) is 94.5 Å². The Balaban J connectivity index is 2.00. The topological polar surface area (TPSA) is 0 Å². The third-order valence-corrected chi connectivity index (χ3v) is 8.73. The minimum Gasteiger partial charge on any atom is -0.0942 e. The molecule has 0 unspecified atom stereocenters. The molecule has 4 heteroatoms. The molecule has 0 bridgehead atoms. The van der Waals surface area contributed by atoms with E-state index in [2.05, 4.69) is 43.2 Å². The zero-order valence-corrected chi connectivity index (χ0v) is 16.2. The van der Waals surface area contributed by atoms with E-state index >= 15 is 0 Å². The molecule has 1 fully saturated rings. The first-order valence-corrected chi connectivity index (χ1v) is 13.5. The summed E-state index contributed by atoms with van der Waals surface area (Å²) >= 11 is 0. The zero-order valence-electron chi connectivity index (χ0n) is 12.9. The van der Waals surface area contributed by atoms with Crippen LogP contribution in [0.4, 0.5) is 0 Å². The van der Waals surface area contributed by atoms with Crippen LogP contribution < -0.4 is 0 Å². The van der Waals surface area contributed by atoms with Crippen molar-refractivity contribution in [3.63, 3.8) is 0 Å². The van der Waals surface area contributed by atoms with E-state index in [1.54, 1.807) is 0 Å². The Hall–Kier alpha value is 1.40. The van der Waals surface area contributed by atoms with Gasteiger partial charge in [0.2, 0.25) is 0 Å². The molecule has 0 radical (unpaired) electrons. The molecule has 0 amide bonds. The van der Waals surface area contributed by atoms with Crippen LogP contribution in [-0.2, 0) is 0 Å². The van der Waals surface area contributed by atoms with Gasteiger partial charge in [0.15, 0.2) is 0 Å². The van der Waals surface area contributed by atoms with Gasteiger partial charge in [-0.3, -0.25) is 0 Å². The Morgan fingerprint density at radius 3 is 0.700 bits per heavy atom. The third kappa shape index (κ3) is 14.3. The summed E-state index contributed by atoms with van der Waals surface area (Å²) in [5.74, 6) is 5.49. The molecule has 0 aromatic carbocycles. The molecular formula is C16H32S4. The maximum atomic E-state index is 2.11. The van der Waals surface area contributed by atoms with Crippen LogP contribution in [0.3, 0.4) is 0 Å². The first kappa shape index (κ1) is 19.4. The van der Waals surface area contributed by atoms with Crippen LogP contribution in [0, 0.1) is 0 Å². The monoisotopic (exact) mass is 352 g/mol. The van der Waals surface area contributed by atoms with E-state index < -0.39 is 0 Å². The number of rotatable bonds is 0. The summed E-state index contributed by atoms with van der Waals surface area (Å²) in [6.07, 6.45) is 17.4. The molecular weight excluding hydrogens is 320 g/mol. The Morgan fingerprint density at radius 2 is 0.450 bits per heavy atom. The molecule has 1 heterocycles. The quantitative estimate of drug-likeness (QED) is 0.415. The number of hydrogen-bond donors (Lipinski definition) is 0. The van der Waals surface area contributed by atoms with Gasteiger partial charge in [0.05, 0.1) is 0 Å². The Kier molecular flexibility index (Phi) is 16.3. The van der Waals surface area contributed by atoms with Crippen LogP contribution in [-0.4, -0.2) is 23.0 Å². The average Bonchev–Trinajstić information content (AvgIpc) is 2.46. The molecule has 120 valence electrons. The summed E-state index contributed by atoms with van der Waals surface area (Å²) in [5, 5.41) is 0. The molecule has 0 N–H and O–H groups in total. The largest absolute Gasteiger partial charge is 0.0942 e. The fraction of sp³-hybridized carbons (Fsp3) is 1.00. The van der Waals surface area contributed by atoms with Crippen LogP contribution in [0.5, 0.6) is 0 Å². The Bertz CT molecular complexity index is 101. The molecule has 0 aliphatic carbocycles. The van der Waals surface area contributed by atoms with Crippen LogP contribution in [0.15, 0.2) is 0 Å². The second-order valence-electron chi connectivity index (χ2n) is 5.53. The first-order chi connectivity index (χ1) is 10.0. The molecule has 1 aliphatic heterocycles. The smallest absolute Gasteiger partial charge is 0.00369 e. The highest BCUT2D eigenvalue weighted by Crippen LogP contribution is 2.26. The highest BCUT2D eigenvalue weighted by Gasteiger charge is 1.97. The minimum atomic E-state index is 1.37. The van der Waals surface area contributed by atoms with Crippen molar-refractivity contribution < 1.29 is 0 Å². The van der Waals surface area contributed by atoms with Crippen molar-refractivity contribution in [3.8, 4) is 0 Å². The van der Waals surface area contributed by atoms with Crippen molar-refractivity contribution in [2.24, 2.45) is 0 Å². The summed E-state index contributed by atoms with van der Waals surface area (Å²) in [7, 11) is 8.45. The average molecular weight is 353 g/mol. The fourth-order valence-corrected chi connectivity index (χ4v) is 6.88. The van der Waals surface area contributed by atoms with Gasteiger partial charge in [-0.2, -0.15) is 0 Å². The van der Waals surface area contributed by atoms with Crippen LogP contribution in [0.2, 0.25) is 0 Å². The van der Waals surface area contributed by atoms with Gasteiger partial charge in [-0.25, -0.2) is 0 Å². The minimum absolute atomic E-state index is 1.37. The van der Waals surface area contributed by atoms with E-state index in [9.17, 15) is 0 Å². The highest BCUT2D eigenvalue weighted by molar-refractivity contribution is 8.77. The van der Waals surface area contributed by atoms with Crippen molar-refractivity contribution in [1.82, 2.24) is 0 Å². The van der Waals surface area contributed by atoms with E-state index in [0.717, 1.165) is 0 Å².